The molecule has 0 spiro atoms. The molecule has 15 heteroatoms. The first-order valence-corrected chi connectivity index (χ1v) is 12.9. The number of oxazole rings is 1. The number of pyridine rings is 1. The van der Waals surface area contributed by atoms with E-state index in [0.717, 1.165) is 6.07 Å². The van der Waals surface area contributed by atoms with Gasteiger partial charge in [0.25, 0.3) is 5.91 Å². The quantitative estimate of drug-likeness (QED) is 0.292. The lowest BCUT2D eigenvalue weighted by atomic mass is 10.1. The molecule has 0 radical (unpaired) electrons. The Labute approximate surface area is 237 Å². The smallest absolute Gasteiger partial charge is 0.433 e. The Balaban J connectivity index is 1.51. The molecular weight excluding hydrogens is 559 g/mol. The van der Waals surface area contributed by atoms with E-state index in [2.05, 4.69) is 25.3 Å². The number of fused-ring (bicyclic) bond motifs is 1. The van der Waals surface area contributed by atoms with Crippen LogP contribution in [0, 0.1) is 0 Å². The number of methoxy groups -OCH3 is 1. The Kier molecular flexibility index (Phi) is 7.93. The largest absolute Gasteiger partial charge is 0.494 e. The molecule has 12 nitrogen and oxygen atoms in total. The maximum absolute atomic E-state index is 13.8. The van der Waals surface area contributed by atoms with Crippen molar-refractivity contribution in [1.82, 2.24) is 24.8 Å². The van der Waals surface area contributed by atoms with Gasteiger partial charge in [0.15, 0.2) is 11.5 Å². The number of benzene rings is 1. The fourth-order valence-electron chi connectivity index (χ4n) is 4.79. The first-order valence-electron chi connectivity index (χ1n) is 12.9. The second kappa shape index (κ2) is 11.6. The van der Waals surface area contributed by atoms with E-state index in [1.807, 2.05) is 0 Å². The summed E-state index contributed by atoms with van der Waals surface area (Å²) in [7, 11) is 1.31. The summed E-state index contributed by atoms with van der Waals surface area (Å²) in [5, 5.41) is 3.37. The predicted octanol–water partition coefficient (Wildman–Crippen LogP) is 3.42. The summed E-state index contributed by atoms with van der Waals surface area (Å²) in [5.41, 5.74) is 4.86. The number of alkyl halides is 3. The van der Waals surface area contributed by atoms with Crippen molar-refractivity contribution in [3.05, 3.63) is 59.9 Å². The zero-order chi connectivity index (χ0) is 30.0. The Morgan fingerprint density at radius 2 is 1.93 bits per heavy atom. The van der Waals surface area contributed by atoms with Gasteiger partial charge in [-0.15, -0.1) is 0 Å². The number of rotatable bonds is 8. The third-order valence-electron chi connectivity index (χ3n) is 6.67. The summed E-state index contributed by atoms with van der Waals surface area (Å²) in [5.74, 6) is -0.806. The van der Waals surface area contributed by atoms with Crippen LogP contribution in [0.2, 0.25) is 0 Å². The lowest BCUT2D eigenvalue weighted by Gasteiger charge is -2.22. The molecule has 220 valence electrons. The molecule has 3 N–H and O–H groups in total. The van der Waals surface area contributed by atoms with Gasteiger partial charge >= 0.3 is 12.1 Å². The molecule has 1 fully saturated rings. The fourth-order valence-corrected chi connectivity index (χ4v) is 4.79. The van der Waals surface area contributed by atoms with Crippen LogP contribution < -0.4 is 15.8 Å². The van der Waals surface area contributed by atoms with Crippen molar-refractivity contribution in [3.8, 4) is 17.2 Å². The van der Waals surface area contributed by atoms with Gasteiger partial charge in [-0.2, -0.15) is 13.2 Å². The predicted molar refractivity (Wildman–Crippen MR) is 142 cm³/mol. The SMILES string of the molecule is CCOC(=O)[C@@H]1CC(Nc2ncccn2)CN1C(=O)c1nc(-c2ccc(OC)c3nc(C(F)(F)F)ccc23)oc1CN. The van der Waals surface area contributed by atoms with Crippen molar-refractivity contribution in [3.63, 3.8) is 0 Å². The van der Waals surface area contributed by atoms with E-state index in [1.54, 1.807) is 25.4 Å². The van der Waals surface area contributed by atoms with E-state index in [1.165, 1.54) is 30.2 Å². The molecule has 5 rings (SSSR count). The molecule has 4 aromatic rings. The summed E-state index contributed by atoms with van der Waals surface area (Å²) in [6.07, 6.45) is -1.33. The first-order chi connectivity index (χ1) is 20.1. The van der Waals surface area contributed by atoms with Crippen molar-refractivity contribution in [2.75, 3.05) is 25.6 Å². The fraction of sp³-hybridized carbons (Fsp3) is 0.333. The number of likely N-dealkylation sites (tertiary alicyclic amines) is 1. The normalized spacial score (nSPS) is 17.0. The van der Waals surface area contributed by atoms with Crippen molar-refractivity contribution in [1.29, 1.82) is 0 Å². The minimum atomic E-state index is -4.67. The molecule has 1 saturated heterocycles. The second-order valence-electron chi connectivity index (χ2n) is 9.28. The molecule has 0 aliphatic carbocycles. The lowest BCUT2D eigenvalue weighted by Crippen LogP contribution is -2.42. The van der Waals surface area contributed by atoms with E-state index in [0.29, 0.717) is 5.95 Å². The van der Waals surface area contributed by atoms with Gasteiger partial charge in [0.05, 0.1) is 20.3 Å². The molecule has 1 amide bonds. The second-order valence-corrected chi connectivity index (χ2v) is 9.28. The number of ether oxygens (including phenoxy) is 2. The third kappa shape index (κ3) is 5.54. The van der Waals surface area contributed by atoms with E-state index < -0.39 is 29.8 Å². The maximum atomic E-state index is 13.8. The standard InChI is InChI=1S/C27H26F3N7O5/c1-3-41-25(39)17-11-14(34-26-32-9-4-10-33-26)13-37(17)24(38)22-19(12-31)42-23(36-22)16-5-7-18(40-2)21-15(16)6-8-20(35-21)27(28,29)30/h4-10,14,17H,3,11-13,31H2,1-2H3,(H,32,33,34)/t14?,17-/m0/s1. The van der Waals surface area contributed by atoms with Crippen molar-refractivity contribution in [2.45, 2.75) is 38.1 Å². The summed E-state index contributed by atoms with van der Waals surface area (Å²) in [4.78, 5) is 44.4. The van der Waals surface area contributed by atoms with E-state index in [9.17, 15) is 22.8 Å². The van der Waals surface area contributed by atoms with Gasteiger partial charge in [-0.25, -0.2) is 24.7 Å². The van der Waals surface area contributed by atoms with Crippen LogP contribution in [0.25, 0.3) is 22.4 Å². The van der Waals surface area contributed by atoms with Crippen LogP contribution in [0.15, 0.2) is 47.1 Å². The van der Waals surface area contributed by atoms with Crippen molar-refractivity contribution >= 4 is 28.7 Å². The highest BCUT2D eigenvalue weighted by atomic mass is 19.4. The molecule has 0 saturated carbocycles. The van der Waals surface area contributed by atoms with Crippen molar-refractivity contribution < 1.29 is 36.7 Å². The summed E-state index contributed by atoms with van der Waals surface area (Å²) in [6, 6.07) is 5.38. The van der Waals surface area contributed by atoms with Crippen molar-refractivity contribution in [2.24, 2.45) is 5.73 Å². The monoisotopic (exact) mass is 585 g/mol. The van der Waals surface area contributed by atoms with Crippen LogP contribution in [0.5, 0.6) is 5.75 Å². The molecule has 1 aliphatic heterocycles. The molecule has 0 bridgehead atoms. The zero-order valence-electron chi connectivity index (χ0n) is 22.5. The molecular formula is C27H26F3N7O5. The van der Waals surface area contributed by atoms with Crippen LogP contribution in [0.1, 0.15) is 35.3 Å². The Morgan fingerprint density at radius 1 is 1.17 bits per heavy atom. The number of nitrogens with zero attached hydrogens (tertiary/aromatic N) is 5. The average Bonchev–Trinajstić information content (AvgIpc) is 3.61. The third-order valence-corrected chi connectivity index (χ3v) is 6.67. The minimum Gasteiger partial charge on any atom is -0.494 e. The minimum absolute atomic E-state index is 0.0317. The van der Waals surface area contributed by atoms with Crippen LogP contribution >= 0.6 is 0 Å². The van der Waals surface area contributed by atoms with Gasteiger partial charge in [0, 0.05) is 42.4 Å². The summed E-state index contributed by atoms with van der Waals surface area (Å²) in [6.45, 7) is 1.67. The van der Waals surface area contributed by atoms with E-state index in [-0.39, 0.29) is 71.7 Å². The van der Waals surface area contributed by atoms with Crippen LogP contribution in [-0.4, -0.2) is 69.1 Å². The van der Waals surface area contributed by atoms with Gasteiger partial charge in [-0.05, 0) is 37.3 Å². The number of carbonyl (C=O) groups is 2. The Bertz CT molecular complexity index is 1610. The number of hydrogen-bond donors (Lipinski definition) is 2. The van der Waals surface area contributed by atoms with E-state index in [4.69, 9.17) is 19.6 Å². The zero-order valence-corrected chi connectivity index (χ0v) is 22.5. The van der Waals surface area contributed by atoms with E-state index >= 15 is 0 Å². The number of halogens is 3. The van der Waals surface area contributed by atoms with Gasteiger partial charge in [-0.1, -0.05) is 0 Å². The number of esters is 1. The molecule has 3 aromatic heterocycles. The number of hydrogen-bond acceptors (Lipinski definition) is 11. The Hall–Kier alpha value is -4.79. The van der Waals surface area contributed by atoms with Crippen LogP contribution in [0.3, 0.4) is 0 Å². The number of amides is 1. The Morgan fingerprint density at radius 3 is 2.60 bits per heavy atom. The highest BCUT2D eigenvalue weighted by molar-refractivity contribution is 5.99. The first kappa shape index (κ1) is 28.7. The number of nitrogens with one attached hydrogen (secondary N) is 1. The molecule has 42 heavy (non-hydrogen) atoms. The summed E-state index contributed by atoms with van der Waals surface area (Å²) < 4.78 is 56.4. The lowest BCUT2D eigenvalue weighted by molar-refractivity contribution is -0.147. The van der Waals surface area contributed by atoms with Gasteiger partial charge < -0.3 is 29.8 Å². The number of carbonyl (C=O) groups excluding carboxylic acids is 2. The highest BCUT2D eigenvalue weighted by Gasteiger charge is 2.43. The van der Waals surface area contributed by atoms with Gasteiger partial charge in [0.1, 0.15) is 23.0 Å². The average molecular weight is 586 g/mol. The topological polar surface area (TPSA) is 159 Å². The molecule has 4 heterocycles. The highest BCUT2D eigenvalue weighted by Crippen LogP contribution is 2.37. The molecule has 1 unspecified atom stereocenters. The number of anilines is 1. The maximum Gasteiger partial charge on any atom is 0.433 e. The number of nitrogens with two attached hydrogens (primary N) is 1. The molecule has 2 atom stereocenters. The number of aromatic nitrogens is 4. The van der Waals surface area contributed by atoms with Crippen LogP contribution in [0.4, 0.5) is 19.1 Å². The summed E-state index contributed by atoms with van der Waals surface area (Å²) >= 11 is 0. The van der Waals surface area contributed by atoms with Crippen LogP contribution in [-0.2, 0) is 22.3 Å². The molecule has 1 aromatic carbocycles. The van der Waals surface area contributed by atoms with Gasteiger partial charge in [0.2, 0.25) is 11.8 Å². The molecule has 1 aliphatic rings. The van der Waals surface area contributed by atoms with Gasteiger partial charge in [-0.3, -0.25) is 4.79 Å².